The summed E-state index contributed by atoms with van der Waals surface area (Å²) in [5.41, 5.74) is 2.73. The zero-order valence-electron chi connectivity index (χ0n) is 11.3. The van der Waals surface area contributed by atoms with Gasteiger partial charge >= 0.3 is 0 Å². The van der Waals surface area contributed by atoms with Gasteiger partial charge < -0.3 is 10.0 Å². The van der Waals surface area contributed by atoms with Gasteiger partial charge in [-0.1, -0.05) is 24.3 Å². The number of hydrogen-bond donors (Lipinski definition) is 1. The highest BCUT2D eigenvalue weighted by Crippen LogP contribution is 2.27. The quantitative estimate of drug-likeness (QED) is 0.797. The molecule has 0 amide bonds. The van der Waals surface area contributed by atoms with Crippen molar-refractivity contribution in [3.8, 4) is 0 Å². The molecule has 0 aliphatic heterocycles. The van der Waals surface area contributed by atoms with Crippen molar-refractivity contribution >= 4 is 27.9 Å². The van der Waals surface area contributed by atoms with E-state index in [1.807, 2.05) is 24.3 Å². The molecular weight excluding hydrogens is 268 g/mol. The standard InChI is InChI=1S/C16H16N2OS/c1-18(10-13-5-4-8-20-13)16-9-12(11-19)17-15-7-3-2-6-14(15)16/h2-9,19H,10-11H2,1H3. The minimum atomic E-state index is -0.0370. The summed E-state index contributed by atoms with van der Waals surface area (Å²) in [7, 11) is 2.07. The van der Waals surface area contributed by atoms with E-state index in [1.165, 1.54) is 4.88 Å². The highest BCUT2D eigenvalue weighted by atomic mass is 32.1. The van der Waals surface area contributed by atoms with Crippen LogP contribution in [0.25, 0.3) is 10.9 Å². The van der Waals surface area contributed by atoms with Crippen molar-refractivity contribution in [3.63, 3.8) is 0 Å². The third-order valence-corrected chi connectivity index (χ3v) is 4.15. The number of aliphatic hydroxyl groups is 1. The fraction of sp³-hybridized carbons (Fsp3) is 0.188. The van der Waals surface area contributed by atoms with Crippen molar-refractivity contribution in [2.24, 2.45) is 0 Å². The number of thiophene rings is 1. The van der Waals surface area contributed by atoms with E-state index in [1.54, 1.807) is 11.3 Å². The van der Waals surface area contributed by atoms with Gasteiger partial charge in [-0.15, -0.1) is 11.3 Å². The number of para-hydroxylation sites is 1. The Labute approximate surface area is 122 Å². The number of fused-ring (bicyclic) bond motifs is 1. The Balaban J connectivity index is 2.04. The van der Waals surface area contributed by atoms with E-state index in [0.29, 0.717) is 5.69 Å². The molecule has 0 unspecified atom stereocenters. The number of anilines is 1. The van der Waals surface area contributed by atoms with Crippen LogP contribution < -0.4 is 4.90 Å². The van der Waals surface area contributed by atoms with E-state index in [-0.39, 0.29) is 6.61 Å². The first-order chi connectivity index (χ1) is 9.78. The summed E-state index contributed by atoms with van der Waals surface area (Å²) in [6.07, 6.45) is 0. The van der Waals surface area contributed by atoms with E-state index >= 15 is 0 Å². The first-order valence-corrected chi connectivity index (χ1v) is 7.39. The maximum absolute atomic E-state index is 9.38. The molecule has 4 heteroatoms. The van der Waals surface area contributed by atoms with Crippen LogP contribution in [0.1, 0.15) is 10.6 Å². The average molecular weight is 284 g/mol. The summed E-state index contributed by atoms with van der Waals surface area (Å²) >= 11 is 1.75. The molecule has 3 rings (SSSR count). The predicted octanol–water partition coefficient (Wildman–Crippen LogP) is 3.43. The number of aromatic nitrogens is 1. The van der Waals surface area contributed by atoms with Crippen LogP contribution in [0.2, 0.25) is 0 Å². The average Bonchev–Trinajstić information content (AvgIpc) is 2.98. The van der Waals surface area contributed by atoms with Crippen LogP contribution in [0.4, 0.5) is 5.69 Å². The number of pyridine rings is 1. The van der Waals surface area contributed by atoms with Crippen LogP contribution in [0, 0.1) is 0 Å². The second-order valence-electron chi connectivity index (χ2n) is 4.74. The lowest BCUT2D eigenvalue weighted by atomic mass is 10.1. The number of nitrogens with zero attached hydrogens (tertiary/aromatic N) is 2. The molecule has 0 fully saturated rings. The highest BCUT2D eigenvalue weighted by Gasteiger charge is 2.10. The Bertz CT molecular complexity index is 710. The third-order valence-electron chi connectivity index (χ3n) is 3.29. The maximum atomic E-state index is 9.38. The summed E-state index contributed by atoms with van der Waals surface area (Å²) in [5.74, 6) is 0. The summed E-state index contributed by atoms with van der Waals surface area (Å²) in [4.78, 5) is 7.98. The van der Waals surface area contributed by atoms with Crippen molar-refractivity contribution in [2.75, 3.05) is 11.9 Å². The largest absolute Gasteiger partial charge is 0.390 e. The molecule has 0 bridgehead atoms. The fourth-order valence-corrected chi connectivity index (χ4v) is 3.09. The lowest BCUT2D eigenvalue weighted by molar-refractivity contribution is 0.277. The molecule has 0 spiro atoms. The SMILES string of the molecule is CN(Cc1cccs1)c1cc(CO)nc2ccccc12. The first-order valence-electron chi connectivity index (χ1n) is 6.51. The van der Waals surface area contributed by atoms with Crippen molar-refractivity contribution in [1.82, 2.24) is 4.98 Å². The minimum absolute atomic E-state index is 0.0370. The van der Waals surface area contributed by atoms with Gasteiger partial charge in [0, 0.05) is 23.0 Å². The van der Waals surface area contributed by atoms with Crippen LogP contribution in [0.5, 0.6) is 0 Å². The normalized spacial score (nSPS) is 10.9. The van der Waals surface area contributed by atoms with E-state index in [4.69, 9.17) is 0 Å². The highest BCUT2D eigenvalue weighted by molar-refractivity contribution is 7.09. The fourth-order valence-electron chi connectivity index (χ4n) is 2.33. The van der Waals surface area contributed by atoms with Crippen LogP contribution >= 0.6 is 11.3 Å². The number of hydrogen-bond acceptors (Lipinski definition) is 4. The molecular formula is C16H16N2OS. The maximum Gasteiger partial charge on any atom is 0.0854 e. The van der Waals surface area contributed by atoms with Crippen molar-refractivity contribution in [1.29, 1.82) is 0 Å². The van der Waals surface area contributed by atoms with Crippen LogP contribution in [-0.2, 0) is 13.2 Å². The summed E-state index contributed by atoms with van der Waals surface area (Å²) in [5, 5.41) is 12.6. The van der Waals surface area contributed by atoms with E-state index in [0.717, 1.165) is 23.1 Å². The van der Waals surface area contributed by atoms with Gasteiger partial charge in [0.25, 0.3) is 0 Å². The van der Waals surface area contributed by atoms with E-state index in [2.05, 4.69) is 40.5 Å². The minimum Gasteiger partial charge on any atom is -0.390 e. The van der Waals surface area contributed by atoms with Crippen LogP contribution in [-0.4, -0.2) is 17.1 Å². The number of benzene rings is 1. The van der Waals surface area contributed by atoms with Crippen LogP contribution in [0.15, 0.2) is 47.8 Å². The molecule has 3 aromatic rings. The van der Waals surface area contributed by atoms with Crippen molar-refractivity contribution in [2.45, 2.75) is 13.2 Å². The van der Waals surface area contributed by atoms with Gasteiger partial charge in [-0.25, -0.2) is 0 Å². The Morgan fingerprint density at radius 3 is 2.80 bits per heavy atom. The molecule has 3 nitrogen and oxygen atoms in total. The molecule has 102 valence electrons. The molecule has 0 atom stereocenters. The molecule has 0 aliphatic carbocycles. The van der Waals surface area contributed by atoms with E-state index < -0.39 is 0 Å². The van der Waals surface area contributed by atoms with Gasteiger partial charge in [-0.05, 0) is 23.6 Å². The van der Waals surface area contributed by atoms with Gasteiger partial charge in [-0.3, -0.25) is 4.98 Å². The molecule has 20 heavy (non-hydrogen) atoms. The Hall–Kier alpha value is -1.91. The molecule has 2 aromatic heterocycles. The molecule has 2 heterocycles. The Morgan fingerprint density at radius 1 is 1.20 bits per heavy atom. The first kappa shape index (κ1) is 13.1. The second kappa shape index (κ2) is 5.61. The van der Waals surface area contributed by atoms with E-state index in [9.17, 15) is 5.11 Å². The monoisotopic (exact) mass is 284 g/mol. The summed E-state index contributed by atoms with van der Waals surface area (Å²) in [6.45, 7) is 0.821. The Morgan fingerprint density at radius 2 is 2.05 bits per heavy atom. The van der Waals surface area contributed by atoms with Crippen molar-refractivity contribution in [3.05, 3.63) is 58.4 Å². The number of rotatable bonds is 4. The third kappa shape index (κ3) is 2.53. The Kier molecular flexibility index (Phi) is 3.67. The zero-order chi connectivity index (χ0) is 13.9. The lowest BCUT2D eigenvalue weighted by Gasteiger charge is -2.21. The molecule has 0 aliphatic rings. The van der Waals surface area contributed by atoms with Crippen molar-refractivity contribution < 1.29 is 5.11 Å². The van der Waals surface area contributed by atoms with Gasteiger partial charge in [0.05, 0.1) is 24.4 Å². The topological polar surface area (TPSA) is 36.4 Å². The smallest absolute Gasteiger partial charge is 0.0854 e. The van der Waals surface area contributed by atoms with Crippen LogP contribution in [0.3, 0.4) is 0 Å². The van der Waals surface area contributed by atoms with Gasteiger partial charge in [0.1, 0.15) is 0 Å². The van der Waals surface area contributed by atoms with Gasteiger partial charge in [-0.2, -0.15) is 0 Å². The second-order valence-corrected chi connectivity index (χ2v) is 5.78. The summed E-state index contributed by atoms with van der Waals surface area (Å²) in [6, 6.07) is 14.2. The predicted molar refractivity (Wildman–Crippen MR) is 84.1 cm³/mol. The zero-order valence-corrected chi connectivity index (χ0v) is 12.1. The van der Waals surface area contributed by atoms with Gasteiger partial charge in [0.2, 0.25) is 0 Å². The summed E-state index contributed by atoms with van der Waals surface area (Å²) < 4.78 is 0. The number of aliphatic hydroxyl groups excluding tert-OH is 1. The van der Waals surface area contributed by atoms with Gasteiger partial charge in [0.15, 0.2) is 0 Å². The molecule has 1 aromatic carbocycles. The molecule has 0 radical (unpaired) electrons. The lowest BCUT2D eigenvalue weighted by Crippen LogP contribution is -2.16. The molecule has 0 saturated carbocycles. The molecule has 1 N–H and O–H groups in total. The molecule has 0 saturated heterocycles.